The van der Waals surface area contributed by atoms with Crippen molar-refractivity contribution >= 4 is 23.1 Å². The molecule has 1 aliphatic rings. The van der Waals surface area contributed by atoms with Gasteiger partial charge >= 0.3 is 0 Å². The van der Waals surface area contributed by atoms with Crippen LogP contribution in [0.1, 0.15) is 27.6 Å². The van der Waals surface area contributed by atoms with Crippen molar-refractivity contribution in [1.29, 1.82) is 0 Å². The lowest BCUT2D eigenvalue weighted by Gasteiger charge is -2.36. The van der Waals surface area contributed by atoms with Gasteiger partial charge in [0.05, 0.1) is 10.5 Å². The van der Waals surface area contributed by atoms with Gasteiger partial charge in [0.2, 0.25) is 0 Å². The fraction of sp³-hybridized carbons (Fsp3) is 0.263. The second kappa shape index (κ2) is 7.45. The number of phenols is 1. The van der Waals surface area contributed by atoms with Gasteiger partial charge in [-0.3, -0.25) is 19.7 Å². The lowest BCUT2D eigenvalue weighted by molar-refractivity contribution is -0.384. The fourth-order valence-corrected chi connectivity index (χ4v) is 3.13. The van der Waals surface area contributed by atoms with Gasteiger partial charge in [-0.25, -0.2) is 0 Å². The van der Waals surface area contributed by atoms with Gasteiger partial charge in [-0.1, -0.05) is 12.1 Å². The summed E-state index contributed by atoms with van der Waals surface area (Å²) in [6.07, 6.45) is 0. The molecule has 2 aromatic rings. The molecule has 0 atom stereocenters. The van der Waals surface area contributed by atoms with Gasteiger partial charge in [0, 0.05) is 37.8 Å². The molecule has 0 aliphatic carbocycles. The maximum atomic E-state index is 12.6. The van der Waals surface area contributed by atoms with Crippen LogP contribution in [0.4, 0.5) is 11.4 Å². The van der Waals surface area contributed by atoms with E-state index in [0.717, 1.165) is 0 Å². The van der Waals surface area contributed by atoms with Crippen molar-refractivity contribution in [1.82, 2.24) is 4.90 Å². The Labute approximate surface area is 155 Å². The van der Waals surface area contributed by atoms with Crippen LogP contribution in [-0.4, -0.2) is 52.8 Å². The Morgan fingerprint density at radius 1 is 1.07 bits per heavy atom. The van der Waals surface area contributed by atoms with Crippen LogP contribution in [0.25, 0.3) is 0 Å². The summed E-state index contributed by atoms with van der Waals surface area (Å²) < 4.78 is 0. The van der Waals surface area contributed by atoms with E-state index >= 15 is 0 Å². The minimum Gasteiger partial charge on any atom is -0.507 e. The third-order valence-corrected chi connectivity index (χ3v) is 4.62. The number of benzene rings is 2. The van der Waals surface area contributed by atoms with Gasteiger partial charge in [0.15, 0.2) is 5.78 Å². The van der Waals surface area contributed by atoms with Crippen molar-refractivity contribution in [3.8, 4) is 5.75 Å². The summed E-state index contributed by atoms with van der Waals surface area (Å²) >= 11 is 0. The van der Waals surface area contributed by atoms with Gasteiger partial charge in [0.1, 0.15) is 11.4 Å². The normalized spacial score (nSPS) is 14.1. The molecule has 0 bridgehead atoms. The van der Waals surface area contributed by atoms with Crippen LogP contribution < -0.4 is 4.90 Å². The number of rotatable bonds is 4. The van der Waals surface area contributed by atoms with Crippen molar-refractivity contribution < 1.29 is 19.6 Å². The van der Waals surface area contributed by atoms with Gasteiger partial charge in [-0.15, -0.1) is 0 Å². The van der Waals surface area contributed by atoms with Crippen molar-refractivity contribution in [3.05, 3.63) is 63.7 Å². The van der Waals surface area contributed by atoms with E-state index in [1.165, 1.54) is 19.1 Å². The SMILES string of the molecule is CC(=O)c1ccc(N2CCN(C(=O)c3ccccc3O)CC2)c([N+](=O)[O-])c1. The molecular formula is C19H19N3O5. The molecule has 8 heteroatoms. The molecule has 0 unspecified atom stereocenters. The lowest BCUT2D eigenvalue weighted by atomic mass is 10.1. The van der Waals surface area contributed by atoms with E-state index in [2.05, 4.69) is 0 Å². The first kappa shape index (κ1) is 18.4. The van der Waals surface area contributed by atoms with Crippen molar-refractivity contribution in [2.75, 3.05) is 31.1 Å². The first-order valence-corrected chi connectivity index (χ1v) is 8.50. The maximum absolute atomic E-state index is 12.6. The summed E-state index contributed by atoms with van der Waals surface area (Å²) in [6.45, 7) is 2.94. The zero-order valence-electron chi connectivity index (χ0n) is 14.8. The minimum atomic E-state index is -0.499. The highest BCUT2D eigenvalue weighted by Crippen LogP contribution is 2.30. The Morgan fingerprint density at radius 2 is 1.74 bits per heavy atom. The standard InChI is InChI=1S/C19H19N3O5/c1-13(23)14-6-7-16(17(12-14)22(26)27)20-8-10-21(11-9-20)19(25)15-4-2-3-5-18(15)24/h2-7,12,24H,8-11H2,1H3. The zero-order chi connectivity index (χ0) is 19.6. The molecule has 27 heavy (non-hydrogen) atoms. The van der Waals surface area contributed by atoms with E-state index < -0.39 is 4.92 Å². The number of hydrogen-bond acceptors (Lipinski definition) is 6. The number of Topliss-reactive ketones (excluding diaryl/α,β-unsaturated/α-hetero) is 1. The first-order valence-electron chi connectivity index (χ1n) is 8.50. The third-order valence-electron chi connectivity index (χ3n) is 4.62. The Balaban J connectivity index is 1.76. The molecule has 0 radical (unpaired) electrons. The number of nitro benzene ring substituents is 1. The number of carbonyl (C=O) groups excluding carboxylic acids is 2. The van der Waals surface area contributed by atoms with Gasteiger partial charge < -0.3 is 14.9 Å². The highest BCUT2D eigenvalue weighted by molar-refractivity contribution is 5.97. The Kier molecular flexibility index (Phi) is 5.07. The van der Waals surface area contributed by atoms with E-state index in [1.54, 1.807) is 35.2 Å². The molecule has 1 heterocycles. The molecule has 1 fully saturated rings. The number of hydrogen-bond donors (Lipinski definition) is 1. The predicted molar refractivity (Wildman–Crippen MR) is 99.3 cm³/mol. The van der Waals surface area contributed by atoms with E-state index in [1.807, 2.05) is 4.90 Å². The van der Waals surface area contributed by atoms with Crippen LogP contribution >= 0.6 is 0 Å². The lowest BCUT2D eigenvalue weighted by Crippen LogP contribution is -2.49. The largest absolute Gasteiger partial charge is 0.507 e. The molecule has 1 N–H and O–H groups in total. The third kappa shape index (κ3) is 3.74. The van der Waals surface area contributed by atoms with Crippen LogP contribution in [0.15, 0.2) is 42.5 Å². The number of para-hydroxylation sites is 1. The summed E-state index contributed by atoms with van der Waals surface area (Å²) in [5.74, 6) is -0.572. The zero-order valence-corrected chi connectivity index (χ0v) is 14.8. The van der Waals surface area contributed by atoms with Gasteiger partial charge in [-0.05, 0) is 31.2 Å². The highest BCUT2D eigenvalue weighted by Gasteiger charge is 2.27. The smallest absolute Gasteiger partial charge is 0.293 e. The number of anilines is 1. The Hall–Kier alpha value is -3.42. The molecule has 1 amide bonds. The van der Waals surface area contributed by atoms with Gasteiger partial charge in [-0.2, -0.15) is 0 Å². The summed E-state index contributed by atoms with van der Waals surface area (Å²) in [6, 6.07) is 10.8. The number of carbonyl (C=O) groups is 2. The van der Waals surface area contributed by atoms with E-state index in [4.69, 9.17) is 0 Å². The van der Waals surface area contributed by atoms with Crippen LogP contribution in [0.3, 0.4) is 0 Å². The Morgan fingerprint density at radius 3 is 2.33 bits per heavy atom. The van der Waals surface area contributed by atoms with Crippen LogP contribution in [0, 0.1) is 10.1 Å². The Bertz CT molecular complexity index is 904. The second-order valence-corrected chi connectivity index (χ2v) is 6.31. The summed E-state index contributed by atoms with van der Waals surface area (Å²) in [5, 5.41) is 21.3. The maximum Gasteiger partial charge on any atom is 0.293 e. The van der Waals surface area contributed by atoms with Crippen LogP contribution in [-0.2, 0) is 0 Å². The average Bonchev–Trinajstić information content (AvgIpc) is 2.67. The number of piperazine rings is 1. The molecule has 0 aromatic heterocycles. The number of ketones is 1. The molecule has 140 valence electrons. The predicted octanol–water partition coefficient (Wildman–Crippen LogP) is 2.47. The van der Waals surface area contributed by atoms with Gasteiger partial charge in [0.25, 0.3) is 11.6 Å². The van der Waals surface area contributed by atoms with Crippen molar-refractivity contribution in [2.24, 2.45) is 0 Å². The molecule has 1 saturated heterocycles. The van der Waals surface area contributed by atoms with E-state index in [0.29, 0.717) is 37.4 Å². The molecule has 3 rings (SSSR count). The van der Waals surface area contributed by atoms with Crippen LogP contribution in [0.5, 0.6) is 5.75 Å². The number of nitro groups is 1. The number of amides is 1. The van der Waals surface area contributed by atoms with E-state index in [-0.39, 0.29) is 28.7 Å². The molecule has 0 saturated carbocycles. The number of aromatic hydroxyl groups is 1. The monoisotopic (exact) mass is 369 g/mol. The first-order chi connectivity index (χ1) is 12.9. The molecule has 2 aromatic carbocycles. The second-order valence-electron chi connectivity index (χ2n) is 6.31. The topological polar surface area (TPSA) is 104 Å². The number of nitrogens with zero attached hydrogens (tertiary/aromatic N) is 3. The summed E-state index contributed by atoms with van der Waals surface area (Å²) in [7, 11) is 0. The highest BCUT2D eigenvalue weighted by atomic mass is 16.6. The molecular weight excluding hydrogens is 350 g/mol. The minimum absolute atomic E-state index is 0.0691. The molecule has 1 aliphatic heterocycles. The molecule has 8 nitrogen and oxygen atoms in total. The van der Waals surface area contributed by atoms with Crippen molar-refractivity contribution in [2.45, 2.75) is 6.92 Å². The quantitative estimate of drug-likeness (QED) is 0.504. The fourth-order valence-electron chi connectivity index (χ4n) is 3.13. The average molecular weight is 369 g/mol. The summed E-state index contributed by atoms with van der Waals surface area (Å²) in [5.41, 5.74) is 0.837. The van der Waals surface area contributed by atoms with E-state index in [9.17, 15) is 24.8 Å². The van der Waals surface area contributed by atoms with Crippen LogP contribution in [0.2, 0.25) is 0 Å². The summed E-state index contributed by atoms with van der Waals surface area (Å²) in [4.78, 5) is 38.4. The molecule has 0 spiro atoms. The van der Waals surface area contributed by atoms with Crippen molar-refractivity contribution in [3.63, 3.8) is 0 Å². The number of phenolic OH excluding ortho intramolecular Hbond substituents is 1.